The first-order valence-electron chi connectivity index (χ1n) is 12.3. The van der Waals surface area contributed by atoms with Crippen LogP contribution in [-0.4, -0.2) is 47.3 Å². The maximum Gasteiger partial charge on any atom is 0.318 e. The van der Waals surface area contributed by atoms with Gasteiger partial charge >= 0.3 is 5.97 Å². The molecule has 3 aliphatic rings. The number of ether oxygens (including phenoxy) is 1. The monoisotopic (exact) mass is 506 g/mol. The lowest BCUT2D eigenvalue weighted by atomic mass is 9.66. The van der Waals surface area contributed by atoms with Crippen molar-refractivity contribution >= 4 is 41.0 Å². The molecule has 0 radical (unpaired) electrons. The number of hydrogen-bond acceptors (Lipinski definition) is 4. The number of esters is 1. The van der Waals surface area contributed by atoms with Gasteiger partial charge in [-0.1, -0.05) is 35.3 Å². The van der Waals surface area contributed by atoms with E-state index in [9.17, 15) is 14.4 Å². The summed E-state index contributed by atoms with van der Waals surface area (Å²) in [7, 11) is 0. The van der Waals surface area contributed by atoms with Crippen LogP contribution in [0.4, 0.5) is 0 Å². The second-order valence-electron chi connectivity index (χ2n) is 9.49. The van der Waals surface area contributed by atoms with E-state index in [0.29, 0.717) is 28.6 Å². The summed E-state index contributed by atoms with van der Waals surface area (Å²) in [6, 6.07) is 5.19. The molecule has 1 aromatic rings. The zero-order valence-corrected chi connectivity index (χ0v) is 21.2. The second kappa shape index (κ2) is 10.7. The maximum absolute atomic E-state index is 13.8. The van der Waals surface area contributed by atoms with Crippen LogP contribution in [0.5, 0.6) is 0 Å². The Morgan fingerprint density at radius 2 is 1.91 bits per heavy atom. The molecule has 2 aliphatic heterocycles. The number of likely N-dealkylation sites (tertiary alicyclic amines) is 2. The lowest BCUT2D eigenvalue weighted by Crippen LogP contribution is -2.54. The van der Waals surface area contributed by atoms with Gasteiger partial charge in [-0.15, -0.1) is 0 Å². The largest absolute Gasteiger partial charge is 0.465 e. The van der Waals surface area contributed by atoms with E-state index < -0.39 is 11.3 Å². The summed E-state index contributed by atoms with van der Waals surface area (Å²) in [5.74, 6) is -1.04. The van der Waals surface area contributed by atoms with E-state index in [2.05, 4.69) is 0 Å². The van der Waals surface area contributed by atoms with E-state index in [4.69, 9.17) is 27.9 Å². The predicted octanol–water partition coefficient (Wildman–Crippen LogP) is 5.36. The number of fused-ring (bicyclic) bond motifs is 1. The molecule has 2 heterocycles. The zero-order chi connectivity index (χ0) is 24.3. The van der Waals surface area contributed by atoms with Crippen molar-refractivity contribution in [3.05, 3.63) is 45.6 Å². The Balaban J connectivity index is 1.68. The van der Waals surface area contributed by atoms with Gasteiger partial charge in [-0.3, -0.25) is 14.4 Å². The van der Waals surface area contributed by atoms with Gasteiger partial charge < -0.3 is 14.5 Å². The lowest BCUT2D eigenvalue weighted by molar-refractivity contribution is -0.163. The maximum atomic E-state index is 13.8. The van der Waals surface area contributed by atoms with Crippen LogP contribution in [0, 0.1) is 11.3 Å². The molecule has 34 heavy (non-hydrogen) atoms. The van der Waals surface area contributed by atoms with Gasteiger partial charge in [-0.2, -0.15) is 0 Å². The smallest absolute Gasteiger partial charge is 0.318 e. The van der Waals surface area contributed by atoms with Crippen LogP contribution >= 0.6 is 23.2 Å². The first-order valence-corrected chi connectivity index (χ1v) is 13.0. The van der Waals surface area contributed by atoms with Crippen molar-refractivity contribution < 1.29 is 19.1 Å². The lowest BCUT2D eigenvalue weighted by Gasteiger charge is -2.48. The highest BCUT2D eigenvalue weighted by molar-refractivity contribution is 6.35. The van der Waals surface area contributed by atoms with Gasteiger partial charge in [0.05, 0.1) is 13.2 Å². The minimum Gasteiger partial charge on any atom is -0.465 e. The molecule has 184 valence electrons. The molecule has 2 amide bonds. The van der Waals surface area contributed by atoms with Crippen LogP contribution in [0.2, 0.25) is 10.0 Å². The highest BCUT2D eigenvalue weighted by Gasteiger charge is 2.54. The van der Waals surface area contributed by atoms with Gasteiger partial charge in [0.2, 0.25) is 11.8 Å². The number of nitrogens with zero attached hydrogens (tertiary/aromatic N) is 2. The molecule has 8 heteroatoms. The number of carbonyl (C=O) groups excluding carboxylic acids is 3. The van der Waals surface area contributed by atoms with Gasteiger partial charge in [0, 0.05) is 41.2 Å². The Hall–Kier alpha value is -2.05. The van der Waals surface area contributed by atoms with Crippen LogP contribution in [0.3, 0.4) is 0 Å². The van der Waals surface area contributed by atoms with Crippen molar-refractivity contribution in [2.24, 2.45) is 11.3 Å². The number of allylic oxidation sites excluding steroid dienone is 1. The number of benzene rings is 1. The van der Waals surface area contributed by atoms with E-state index in [1.54, 1.807) is 30.0 Å². The van der Waals surface area contributed by atoms with Crippen LogP contribution in [-0.2, 0) is 25.7 Å². The molecular weight excluding hydrogens is 475 g/mol. The molecule has 0 aromatic heterocycles. The van der Waals surface area contributed by atoms with Crippen molar-refractivity contribution in [2.75, 3.05) is 19.7 Å². The third-order valence-electron chi connectivity index (χ3n) is 7.28. The molecule has 0 bridgehead atoms. The summed E-state index contributed by atoms with van der Waals surface area (Å²) in [6.45, 7) is 3.74. The molecule has 0 spiro atoms. The Bertz CT molecular complexity index is 989. The minimum absolute atomic E-state index is 0.00947. The van der Waals surface area contributed by atoms with Crippen molar-refractivity contribution in [3.8, 4) is 0 Å². The SMILES string of the molecule is CCOC(=O)[C@]12CCCC=C1N(Cc1ccc(Cl)cc1Cl)C(=O)[C@H](CC(=O)N1CCCCC1)C2. The molecular formula is C26H32Cl2N2O4. The van der Waals surface area contributed by atoms with Crippen molar-refractivity contribution in [1.82, 2.24) is 9.80 Å². The van der Waals surface area contributed by atoms with E-state index in [1.807, 2.05) is 11.0 Å². The zero-order valence-electron chi connectivity index (χ0n) is 19.7. The first-order chi connectivity index (χ1) is 16.4. The molecule has 0 unspecified atom stereocenters. The molecule has 2 saturated heterocycles. The normalized spacial score (nSPS) is 25.0. The molecule has 6 nitrogen and oxygen atoms in total. The summed E-state index contributed by atoms with van der Waals surface area (Å²) in [5.41, 5.74) is 0.509. The Labute approximate surface area is 211 Å². The van der Waals surface area contributed by atoms with E-state index in [1.165, 1.54) is 0 Å². The van der Waals surface area contributed by atoms with E-state index >= 15 is 0 Å². The van der Waals surface area contributed by atoms with E-state index in [0.717, 1.165) is 50.8 Å². The molecule has 2 fully saturated rings. The first kappa shape index (κ1) is 25.1. The van der Waals surface area contributed by atoms with Gasteiger partial charge in [0.15, 0.2) is 0 Å². The topological polar surface area (TPSA) is 66.9 Å². The fraction of sp³-hybridized carbons (Fsp3) is 0.577. The van der Waals surface area contributed by atoms with Crippen LogP contribution in [0.25, 0.3) is 0 Å². The minimum atomic E-state index is -0.923. The summed E-state index contributed by atoms with van der Waals surface area (Å²) >= 11 is 12.5. The summed E-state index contributed by atoms with van der Waals surface area (Å²) in [6.07, 6.45) is 7.73. The Morgan fingerprint density at radius 3 is 2.62 bits per heavy atom. The highest BCUT2D eigenvalue weighted by Crippen LogP contribution is 2.50. The van der Waals surface area contributed by atoms with Crippen LogP contribution in [0.15, 0.2) is 30.0 Å². The van der Waals surface area contributed by atoms with Gasteiger partial charge in [-0.05, 0) is 69.6 Å². The van der Waals surface area contributed by atoms with Gasteiger partial charge in [0.1, 0.15) is 5.41 Å². The number of hydrogen-bond donors (Lipinski definition) is 0. The van der Waals surface area contributed by atoms with Gasteiger partial charge in [-0.25, -0.2) is 0 Å². The van der Waals surface area contributed by atoms with Crippen molar-refractivity contribution in [3.63, 3.8) is 0 Å². The highest BCUT2D eigenvalue weighted by atomic mass is 35.5. The third-order valence-corrected chi connectivity index (χ3v) is 7.86. The fourth-order valence-electron chi connectivity index (χ4n) is 5.57. The summed E-state index contributed by atoms with van der Waals surface area (Å²) in [4.78, 5) is 43.8. The molecule has 2 atom stereocenters. The molecule has 0 N–H and O–H groups in total. The molecule has 4 rings (SSSR count). The predicted molar refractivity (Wildman–Crippen MR) is 131 cm³/mol. The van der Waals surface area contributed by atoms with Crippen LogP contribution in [0.1, 0.15) is 63.9 Å². The van der Waals surface area contributed by atoms with E-state index in [-0.39, 0.29) is 37.4 Å². The number of halogens is 2. The summed E-state index contributed by atoms with van der Waals surface area (Å²) in [5, 5.41) is 0.978. The third kappa shape index (κ3) is 4.99. The van der Waals surface area contributed by atoms with Crippen molar-refractivity contribution in [2.45, 2.75) is 64.8 Å². The fourth-order valence-corrected chi connectivity index (χ4v) is 6.04. The Morgan fingerprint density at radius 1 is 1.15 bits per heavy atom. The average molecular weight is 507 g/mol. The van der Waals surface area contributed by atoms with Gasteiger partial charge in [0.25, 0.3) is 0 Å². The summed E-state index contributed by atoms with van der Waals surface area (Å²) < 4.78 is 5.53. The molecule has 1 aliphatic carbocycles. The quantitative estimate of drug-likeness (QED) is 0.486. The second-order valence-corrected chi connectivity index (χ2v) is 10.3. The number of carbonyl (C=O) groups is 3. The van der Waals surface area contributed by atoms with Crippen molar-refractivity contribution in [1.29, 1.82) is 0 Å². The average Bonchev–Trinajstić information content (AvgIpc) is 2.83. The van der Waals surface area contributed by atoms with Crippen LogP contribution < -0.4 is 0 Å². The Kier molecular flexibility index (Phi) is 7.88. The number of rotatable bonds is 6. The molecule has 0 saturated carbocycles. The standard InChI is InChI=1S/C26H32Cl2N2O4/c1-2-34-25(33)26-11-5-4-8-22(26)30(17-18-9-10-20(27)15-21(18)28)24(32)19(16-26)14-23(31)29-12-6-3-7-13-29/h8-10,15,19H,2-7,11-14,16-17H2,1H3/t19-,26+/m1/s1. The number of piperidine rings is 2. The molecule has 1 aromatic carbocycles. The number of amides is 2.